The van der Waals surface area contributed by atoms with Gasteiger partial charge in [0.15, 0.2) is 0 Å². The molecule has 1 saturated carbocycles. The number of rotatable bonds is 4. The molecule has 1 N–H and O–H groups in total. The first-order valence-electron chi connectivity index (χ1n) is 6.56. The first-order valence-corrected chi connectivity index (χ1v) is 7.44. The zero-order valence-corrected chi connectivity index (χ0v) is 11.7. The molecule has 2 unspecified atom stereocenters. The molecule has 100 valence electrons. The summed E-state index contributed by atoms with van der Waals surface area (Å²) in [6.45, 7) is 0. The highest BCUT2D eigenvalue weighted by Gasteiger charge is 2.28. The summed E-state index contributed by atoms with van der Waals surface area (Å²) in [5.41, 5.74) is 1.01. The Morgan fingerprint density at radius 3 is 2.89 bits per heavy atom. The van der Waals surface area contributed by atoms with Crippen molar-refractivity contribution in [3.8, 4) is 5.69 Å². The van der Waals surface area contributed by atoms with Crippen LogP contribution in [0.2, 0.25) is 0 Å². The fourth-order valence-electron chi connectivity index (χ4n) is 2.52. The maximum atomic E-state index is 4.16. The van der Waals surface area contributed by atoms with E-state index in [1.807, 2.05) is 42.1 Å². The van der Waals surface area contributed by atoms with Gasteiger partial charge in [0.2, 0.25) is 5.16 Å². The third-order valence-corrected chi connectivity index (χ3v) is 4.85. The molecule has 2 atom stereocenters. The molecule has 1 heterocycles. The van der Waals surface area contributed by atoms with E-state index >= 15 is 0 Å². The van der Waals surface area contributed by atoms with E-state index in [0.717, 1.165) is 10.8 Å². The lowest BCUT2D eigenvalue weighted by atomic mass is 10.2. The summed E-state index contributed by atoms with van der Waals surface area (Å²) in [7, 11) is 2.03. The number of thioether (sulfide) groups is 1. The maximum absolute atomic E-state index is 4.16. The first kappa shape index (κ1) is 12.6. The number of benzene rings is 1. The Morgan fingerprint density at radius 2 is 2.11 bits per heavy atom. The summed E-state index contributed by atoms with van der Waals surface area (Å²) in [6.07, 6.45) is 3.73. The van der Waals surface area contributed by atoms with Gasteiger partial charge < -0.3 is 5.32 Å². The molecule has 0 spiro atoms. The highest BCUT2D eigenvalue weighted by atomic mass is 32.2. The van der Waals surface area contributed by atoms with Crippen molar-refractivity contribution in [3.63, 3.8) is 0 Å². The van der Waals surface area contributed by atoms with Crippen LogP contribution >= 0.6 is 11.8 Å². The molecule has 1 aliphatic carbocycles. The standard InChI is InChI=1S/C13H17N5S/c1-14-11-8-5-9-12(11)19-13-15-16-17-18(13)10-6-3-2-4-7-10/h2-4,6-7,11-12,14H,5,8-9H2,1H3. The van der Waals surface area contributed by atoms with Crippen LogP contribution in [0, 0.1) is 0 Å². The fraction of sp³-hybridized carbons (Fsp3) is 0.462. The predicted octanol–water partition coefficient (Wildman–Crippen LogP) is 1.89. The highest BCUT2D eigenvalue weighted by molar-refractivity contribution is 7.99. The Balaban J connectivity index is 1.81. The Morgan fingerprint density at radius 1 is 1.26 bits per heavy atom. The van der Waals surface area contributed by atoms with Gasteiger partial charge in [-0.15, -0.1) is 5.10 Å². The van der Waals surface area contributed by atoms with Gasteiger partial charge >= 0.3 is 0 Å². The zero-order valence-electron chi connectivity index (χ0n) is 10.9. The van der Waals surface area contributed by atoms with E-state index in [0.29, 0.717) is 11.3 Å². The summed E-state index contributed by atoms with van der Waals surface area (Å²) >= 11 is 1.78. The van der Waals surface area contributed by atoms with Crippen LogP contribution < -0.4 is 5.32 Å². The summed E-state index contributed by atoms with van der Waals surface area (Å²) in [6, 6.07) is 10.6. The molecule has 1 aromatic heterocycles. The molecule has 1 aromatic carbocycles. The van der Waals surface area contributed by atoms with Crippen molar-refractivity contribution in [1.82, 2.24) is 25.5 Å². The van der Waals surface area contributed by atoms with E-state index in [1.54, 1.807) is 11.8 Å². The molecule has 0 bridgehead atoms. The minimum absolute atomic E-state index is 0.554. The number of aromatic nitrogens is 4. The van der Waals surface area contributed by atoms with Crippen molar-refractivity contribution in [3.05, 3.63) is 30.3 Å². The Hall–Kier alpha value is -1.40. The summed E-state index contributed by atoms with van der Waals surface area (Å²) in [5, 5.41) is 16.9. The monoisotopic (exact) mass is 275 g/mol. The number of hydrogen-bond donors (Lipinski definition) is 1. The second kappa shape index (κ2) is 5.71. The number of hydrogen-bond acceptors (Lipinski definition) is 5. The minimum atomic E-state index is 0.554. The molecule has 3 rings (SSSR count). The van der Waals surface area contributed by atoms with Crippen LogP contribution in [-0.4, -0.2) is 38.5 Å². The molecule has 6 heteroatoms. The first-order chi connectivity index (χ1) is 9.38. The van der Waals surface area contributed by atoms with Crippen LogP contribution in [0.5, 0.6) is 0 Å². The fourth-order valence-corrected chi connectivity index (χ4v) is 3.83. The average molecular weight is 275 g/mol. The van der Waals surface area contributed by atoms with E-state index in [2.05, 4.69) is 20.8 Å². The van der Waals surface area contributed by atoms with Crippen molar-refractivity contribution in [1.29, 1.82) is 0 Å². The zero-order chi connectivity index (χ0) is 13.1. The SMILES string of the molecule is CNC1CCCC1Sc1nnnn1-c1ccccc1. The third kappa shape index (κ3) is 2.64. The van der Waals surface area contributed by atoms with Crippen molar-refractivity contribution >= 4 is 11.8 Å². The molecule has 1 aliphatic rings. The average Bonchev–Trinajstić information content (AvgIpc) is 3.09. The molecule has 0 aliphatic heterocycles. The van der Waals surface area contributed by atoms with Gasteiger partial charge in [0.1, 0.15) is 0 Å². The van der Waals surface area contributed by atoms with Crippen LogP contribution in [0.3, 0.4) is 0 Å². The number of tetrazole rings is 1. The Kier molecular flexibility index (Phi) is 3.79. The molecule has 1 fully saturated rings. The summed E-state index contributed by atoms with van der Waals surface area (Å²) in [5.74, 6) is 0. The lowest BCUT2D eigenvalue weighted by molar-refractivity contribution is 0.590. The van der Waals surface area contributed by atoms with Gasteiger partial charge in [-0.1, -0.05) is 36.4 Å². The Labute approximate surface area is 116 Å². The van der Waals surface area contributed by atoms with Crippen molar-refractivity contribution in [2.24, 2.45) is 0 Å². The van der Waals surface area contributed by atoms with E-state index < -0.39 is 0 Å². The Bertz CT molecular complexity index is 527. The quantitative estimate of drug-likeness (QED) is 0.923. The molecule has 5 nitrogen and oxygen atoms in total. The molecular weight excluding hydrogens is 258 g/mol. The predicted molar refractivity (Wildman–Crippen MR) is 75.5 cm³/mol. The van der Waals surface area contributed by atoms with E-state index in [4.69, 9.17) is 0 Å². The van der Waals surface area contributed by atoms with Crippen molar-refractivity contribution < 1.29 is 0 Å². The molecular formula is C13H17N5S. The van der Waals surface area contributed by atoms with Crippen LogP contribution in [0.25, 0.3) is 5.69 Å². The second-order valence-electron chi connectivity index (χ2n) is 4.69. The van der Waals surface area contributed by atoms with Gasteiger partial charge in [-0.05, 0) is 42.4 Å². The van der Waals surface area contributed by atoms with Crippen LogP contribution in [0.4, 0.5) is 0 Å². The van der Waals surface area contributed by atoms with Gasteiger partial charge in [0.25, 0.3) is 0 Å². The number of nitrogens with one attached hydrogen (secondary N) is 1. The summed E-state index contributed by atoms with van der Waals surface area (Å²) < 4.78 is 1.82. The van der Waals surface area contributed by atoms with Gasteiger partial charge in [-0.25, -0.2) is 0 Å². The van der Waals surface area contributed by atoms with Gasteiger partial charge in [-0.3, -0.25) is 0 Å². The summed E-state index contributed by atoms with van der Waals surface area (Å²) in [4.78, 5) is 0. The van der Waals surface area contributed by atoms with E-state index in [-0.39, 0.29) is 0 Å². The van der Waals surface area contributed by atoms with Gasteiger partial charge in [-0.2, -0.15) is 4.68 Å². The van der Waals surface area contributed by atoms with E-state index in [9.17, 15) is 0 Å². The number of para-hydroxylation sites is 1. The topological polar surface area (TPSA) is 55.6 Å². The molecule has 2 aromatic rings. The van der Waals surface area contributed by atoms with E-state index in [1.165, 1.54) is 19.3 Å². The highest BCUT2D eigenvalue weighted by Crippen LogP contribution is 2.34. The maximum Gasteiger partial charge on any atom is 0.214 e. The molecule has 0 saturated heterocycles. The number of nitrogens with zero attached hydrogens (tertiary/aromatic N) is 4. The molecule has 0 amide bonds. The van der Waals surface area contributed by atoms with Gasteiger partial charge in [0.05, 0.1) is 5.69 Å². The lowest BCUT2D eigenvalue weighted by Crippen LogP contribution is -2.30. The van der Waals surface area contributed by atoms with Crippen molar-refractivity contribution in [2.75, 3.05) is 7.05 Å². The lowest BCUT2D eigenvalue weighted by Gasteiger charge is -2.17. The van der Waals surface area contributed by atoms with Crippen LogP contribution in [0.1, 0.15) is 19.3 Å². The second-order valence-corrected chi connectivity index (χ2v) is 5.90. The molecule has 0 radical (unpaired) electrons. The van der Waals surface area contributed by atoms with Crippen LogP contribution in [0.15, 0.2) is 35.5 Å². The molecule has 19 heavy (non-hydrogen) atoms. The smallest absolute Gasteiger partial charge is 0.214 e. The largest absolute Gasteiger partial charge is 0.316 e. The van der Waals surface area contributed by atoms with Crippen molar-refractivity contribution in [2.45, 2.75) is 35.7 Å². The third-order valence-electron chi connectivity index (χ3n) is 3.52. The van der Waals surface area contributed by atoms with Gasteiger partial charge in [0, 0.05) is 11.3 Å². The normalized spacial score (nSPS) is 22.8. The minimum Gasteiger partial charge on any atom is -0.316 e. The van der Waals surface area contributed by atoms with Crippen LogP contribution in [-0.2, 0) is 0 Å².